The lowest BCUT2D eigenvalue weighted by atomic mass is 10.3. The number of rotatable bonds is 2. The van der Waals surface area contributed by atoms with Crippen LogP contribution in [0, 0.1) is 3.57 Å². The van der Waals surface area contributed by atoms with E-state index < -0.39 is 0 Å². The Kier molecular flexibility index (Phi) is 5.37. The van der Waals surface area contributed by atoms with Gasteiger partial charge in [0.2, 0.25) is 0 Å². The second-order valence-corrected chi connectivity index (χ2v) is 6.25. The average molecular weight is 441 g/mol. The molecule has 2 N–H and O–H groups in total. The Bertz CT molecular complexity index is 664. The van der Waals surface area contributed by atoms with Crippen LogP contribution in [0.1, 0.15) is 0 Å². The van der Waals surface area contributed by atoms with Crippen LogP contribution in [-0.4, -0.2) is 6.03 Å². The summed E-state index contributed by atoms with van der Waals surface area (Å²) in [6.07, 6.45) is 0. The van der Waals surface area contributed by atoms with Crippen molar-refractivity contribution < 1.29 is 4.79 Å². The zero-order chi connectivity index (χ0) is 14.7. The van der Waals surface area contributed by atoms with E-state index in [1.807, 2.05) is 0 Å². The fraction of sp³-hybridized carbons (Fsp3) is 0. The van der Waals surface area contributed by atoms with Crippen LogP contribution in [0.3, 0.4) is 0 Å². The number of carbonyl (C=O) groups is 1. The molecule has 0 saturated heterocycles. The van der Waals surface area contributed by atoms with Crippen LogP contribution in [0.4, 0.5) is 16.2 Å². The topological polar surface area (TPSA) is 41.1 Å². The molecular formula is C13H8Cl3IN2O. The van der Waals surface area contributed by atoms with E-state index in [0.717, 1.165) is 3.57 Å². The molecule has 2 aromatic rings. The van der Waals surface area contributed by atoms with Gasteiger partial charge in [-0.15, -0.1) is 0 Å². The third-order valence-corrected chi connectivity index (χ3v) is 4.22. The lowest BCUT2D eigenvalue weighted by molar-refractivity contribution is 0.262. The summed E-state index contributed by atoms with van der Waals surface area (Å²) in [5.41, 5.74) is 1.23. The van der Waals surface area contributed by atoms with Gasteiger partial charge in [-0.25, -0.2) is 4.79 Å². The third-order valence-electron chi connectivity index (χ3n) is 2.36. The Labute approximate surface area is 144 Å². The van der Waals surface area contributed by atoms with Crippen molar-refractivity contribution in [1.29, 1.82) is 0 Å². The standard InChI is InChI=1S/C13H8Cl3IN2O/c14-7-1-4-12(11(17)5-7)19-13(20)18-8-2-3-9(15)10(16)6-8/h1-6H,(H2,18,19,20). The van der Waals surface area contributed by atoms with Gasteiger partial charge in [0.15, 0.2) is 0 Å². The fourth-order valence-electron chi connectivity index (χ4n) is 1.45. The molecule has 0 saturated carbocycles. The van der Waals surface area contributed by atoms with E-state index in [2.05, 4.69) is 33.2 Å². The van der Waals surface area contributed by atoms with Crippen molar-refractivity contribution >= 4 is 74.8 Å². The van der Waals surface area contributed by atoms with E-state index in [1.54, 1.807) is 36.4 Å². The molecule has 104 valence electrons. The van der Waals surface area contributed by atoms with Crippen molar-refractivity contribution in [3.8, 4) is 0 Å². The Hall–Kier alpha value is -0.690. The fourth-order valence-corrected chi connectivity index (χ4v) is 2.75. The minimum atomic E-state index is -0.372. The maximum absolute atomic E-state index is 11.9. The van der Waals surface area contributed by atoms with E-state index in [0.29, 0.717) is 26.4 Å². The number of halogens is 4. The zero-order valence-electron chi connectivity index (χ0n) is 9.88. The molecule has 20 heavy (non-hydrogen) atoms. The van der Waals surface area contributed by atoms with E-state index in [4.69, 9.17) is 34.8 Å². The second kappa shape index (κ2) is 6.85. The molecule has 2 amide bonds. The van der Waals surface area contributed by atoms with Crippen LogP contribution in [0.5, 0.6) is 0 Å². The van der Waals surface area contributed by atoms with Crippen LogP contribution in [0.2, 0.25) is 15.1 Å². The molecule has 0 aliphatic rings. The van der Waals surface area contributed by atoms with E-state index in [-0.39, 0.29) is 6.03 Å². The number of urea groups is 1. The number of hydrogen-bond acceptors (Lipinski definition) is 1. The lowest BCUT2D eigenvalue weighted by Gasteiger charge is -2.10. The van der Waals surface area contributed by atoms with Gasteiger partial charge in [-0.05, 0) is 59.0 Å². The van der Waals surface area contributed by atoms with E-state index >= 15 is 0 Å². The highest BCUT2D eigenvalue weighted by atomic mass is 127. The van der Waals surface area contributed by atoms with Gasteiger partial charge in [0.1, 0.15) is 0 Å². The second-order valence-electron chi connectivity index (χ2n) is 3.83. The van der Waals surface area contributed by atoms with Crippen LogP contribution < -0.4 is 10.6 Å². The molecule has 0 spiro atoms. The minimum absolute atomic E-state index is 0.372. The summed E-state index contributed by atoms with van der Waals surface area (Å²) in [7, 11) is 0. The first-order valence-corrected chi connectivity index (χ1v) is 7.65. The summed E-state index contributed by atoms with van der Waals surface area (Å²) >= 11 is 19.6. The third kappa shape index (κ3) is 4.15. The van der Waals surface area contributed by atoms with Gasteiger partial charge in [0.05, 0.1) is 15.7 Å². The van der Waals surface area contributed by atoms with Crippen molar-refractivity contribution in [3.63, 3.8) is 0 Å². The van der Waals surface area contributed by atoms with Crippen LogP contribution in [0.25, 0.3) is 0 Å². The number of amides is 2. The predicted molar refractivity (Wildman–Crippen MR) is 93.3 cm³/mol. The molecular weight excluding hydrogens is 433 g/mol. The SMILES string of the molecule is O=C(Nc1ccc(Cl)c(Cl)c1)Nc1ccc(Cl)cc1I. The molecule has 0 unspecified atom stereocenters. The molecule has 0 aliphatic carbocycles. The molecule has 0 bridgehead atoms. The summed E-state index contributed by atoms with van der Waals surface area (Å²) < 4.78 is 0.847. The Morgan fingerprint density at radius 3 is 2.35 bits per heavy atom. The first kappa shape index (κ1) is 15.7. The number of hydrogen-bond donors (Lipinski definition) is 2. The largest absolute Gasteiger partial charge is 0.323 e. The van der Waals surface area contributed by atoms with Gasteiger partial charge in [0.25, 0.3) is 0 Å². The van der Waals surface area contributed by atoms with Gasteiger partial charge in [-0.1, -0.05) is 34.8 Å². The first-order valence-electron chi connectivity index (χ1n) is 5.44. The highest BCUT2D eigenvalue weighted by molar-refractivity contribution is 14.1. The zero-order valence-corrected chi connectivity index (χ0v) is 14.3. The van der Waals surface area contributed by atoms with Crippen LogP contribution in [-0.2, 0) is 0 Å². The maximum atomic E-state index is 11.9. The minimum Gasteiger partial charge on any atom is -0.308 e. The quantitative estimate of drug-likeness (QED) is 0.560. The number of benzene rings is 2. The van der Waals surface area contributed by atoms with Gasteiger partial charge >= 0.3 is 6.03 Å². The number of carbonyl (C=O) groups excluding carboxylic acids is 1. The van der Waals surface area contributed by atoms with Gasteiger partial charge in [0, 0.05) is 14.3 Å². The Morgan fingerprint density at radius 2 is 1.70 bits per heavy atom. The highest BCUT2D eigenvalue weighted by Gasteiger charge is 2.07. The average Bonchev–Trinajstić information content (AvgIpc) is 2.37. The van der Waals surface area contributed by atoms with Crippen molar-refractivity contribution in [2.75, 3.05) is 10.6 Å². The summed E-state index contributed by atoms with van der Waals surface area (Å²) in [6, 6.07) is 9.69. The molecule has 0 heterocycles. The summed E-state index contributed by atoms with van der Waals surface area (Å²) in [5.74, 6) is 0. The number of anilines is 2. The lowest BCUT2D eigenvalue weighted by Crippen LogP contribution is -2.19. The number of nitrogens with one attached hydrogen (secondary N) is 2. The molecule has 2 aromatic carbocycles. The molecule has 0 aromatic heterocycles. The molecule has 0 radical (unpaired) electrons. The van der Waals surface area contributed by atoms with Crippen molar-refractivity contribution in [3.05, 3.63) is 55.0 Å². The highest BCUT2D eigenvalue weighted by Crippen LogP contribution is 2.26. The summed E-state index contributed by atoms with van der Waals surface area (Å²) in [6.45, 7) is 0. The van der Waals surface area contributed by atoms with Crippen LogP contribution >= 0.6 is 57.4 Å². The molecule has 0 fully saturated rings. The van der Waals surface area contributed by atoms with Crippen molar-refractivity contribution in [2.24, 2.45) is 0 Å². The van der Waals surface area contributed by atoms with Crippen LogP contribution in [0.15, 0.2) is 36.4 Å². The maximum Gasteiger partial charge on any atom is 0.323 e. The first-order chi connectivity index (χ1) is 9.45. The Balaban J connectivity index is 2.07. The molecule has 0 aliphatic heterocycles. The van der Waals surface area contributed by atoms with Gasteiger partial charge in [-0.3, -0.25) is 0 Å². The van der Waals surface area contributed by atoms with Gasteiger partial charge in [-0.2, -0.15) is 0 Å². The molecule has 0 atom stereocenters. The van der Waals surface area contributed by atoms with E-state index in [1.165, 1.54) is 0 Å². The van der Waals surface area contributed by atoms with E-state index in [9.17, 15) is 4.79 Å². The van der Waals surface area contributed by atoms with Crippen molar-refractivity contribution in [1.82, 2.24) is 0 Å². The summed E-state index contributed by atoms with van der Waals surface area (Å²) in [5, 5.41) is 6.83. The Morgan fingerprint density at radius 1 is 0.950 bits per heavy atom. The van der Waals surface area contributed by atoms with Crippen molar-refractivity contribution in [2.45, 2.75) is 0 Å². The molecule has 3 nitrogen and oxygen atoms in total. The normalized spacial score (nSPS) is 10.2. The monoisotopic (exact) mass is 440 g/mol. The summed E-state index contributed by atoms with van der Waals surface area (Å²) in [4.78, 5) is 11.9. The molecule has 2 rings (SSSR count). The van der Waals surface area contributed by atoms with Gasteiger partial charge < -0.3 is 10.6 Å². The predicted octanol–water partition coefficient (Wildman–Crippen LogP) is 5.90. The molecule has 7 heteroatoms. The smallest absolute Gasteiger partial charge is 0.308 e.